The molecule has 0 aliphatic heterocycles. The molecular weight excluding hydrogens is 432 g/mol. The maximum atomic E-state index is 13.6. The van der Waals surface area contributed by atoms with Crippen molar-refractivity contribution >= 4 is 11.6 Å². The van der Waals surface area contributed by atoms with E-state index in [1.807, 2.05) is 41.3 Å². The predicted molar refractivity (Wildman–Crippen MR) is 143 cm³/mol. The highest BCUT2D eigenvalue weighted by Gasteiger charge is 2.24. The molecular formula is C31H36N2O2. The molecule has 0 radical (unpaired) electrons. The van der Waals surface area contributed by atoms with Crippen LogP contribution in [0.5, 0.6) is 5.75 Å². The van der Waals surface area contributed by atoms with Gasteiger partial charge in [-0.15, -0.1) is 0 Å². The van der Waals surface area contributed by atoms with E-state index in [0.29, 0.717) is 6.54 Å². The lowest BCUT2D eigenvalue weighted by Crippen LogP contribution is -2.46. The number of carbonyl (C=O) groups excluding carboxylic acids is 1. The maximum Gasteiger partial charge on any atom is 0.318 e. The zero-order valence-corrected chi connectivity index (χ0v) is 20.8. The number of amides is 2. The zero-order valence-electron chi connectivity index (χ0n) is 20.8. The lowest BCUT2D eigenvalue weighted by Gasteiger charge is -2.32. The Morgan fingerprint density at radius 2 is 1.49 bits per heavy atom. The SMILES string of the molecule is COc1ccc([C@@H](C)N(CC=C(c2ccccc2)c2ccccc2)C(=O)NC2CCCCC2)cc1. The third kappa shape index (κ3) is 6.54. The highest BCUT2D eigenvalue weighted by atomic mass is 16.5. The summed E-state index contributed by atoms with van der Waals surface area (Å²) in [5.41, 5.74) is 4.49. The van der Waals surface area contributed by atoms with Crippen LogP contribution in [0, 0.1) is 0 Å². The molecule has 1 aliphatic carbocycles. The van der Waals surface area contributed by atoms with Gasteiger partial charge < -0.3 is 15.0 Å². The van der Waals surface area contributed by atoms with Crippen LogP contribution in [0.25, 0.3) is 5.57 Å². The molecule has 2 amide bonds. The normalized spacial score (nSPS) is 14.6. The topological polar surface area (TPSA) is 41.6 Å². The third-order valence-corrected chi connectivity index (χ3v) is 6.92. The number of ether oxygens (including phenoxy) is 1. The Morgan fingerprint density at radius 3 is 2.03 bits per heavy atom. The van der Waals surface area contributed by atoms with Gasteiger partial charge in [0, 0.05) is 12.6 Å². The van der Waals surface area contributed by atoms with E-state index in [0.717, 1.165) is 40.9 Å². The molecule has 4 rings (SSSR count). The Labute approximate surface area is 209 Å². The van der Waals surface area contributed by atoms with Gasteiger partial charge >= 0.3 is 6.03 Å². The van der Waals surface area contributed by atoms with Gasteiger partial charge in [-0.2, -0.15) is 0 Å². The molecule has 182 valence electrons. The van der Waals surface area contributed by atoms with Gasteiger partial charge in [0.05, 0.1) is 13.2 Å². The molecule has 0 spiro atoms. The van der Waals surface area contributed by atoms with Crippen molar-refractivity contribution < 1.29 is 9.53 Å². The number of benzene rings is 3. The lowest BCUT2D eigenvalue weighted by atomic mass is 9.95. The third-order valence-electron chi connectivity index (χ3n) is 6.92. The maximum absolute atomic E-state index is 13.6. The average molecular weight is 469 g/mol. The number of carbonyl (C=O) groups is 1. The molecule has 35 heavy (non-hydrogen) atoms. The van der Waals surface area contributed by atoms with Crippen molar-refractivity contribution in [2.24, 2.45) is 0 Å². The van der Waals surface area contributed by atoms with Crippen molar-refractivity contribution in [1.29, 1.82) is 0 Å². The van der Waals surface area contributed by atoms with Crippen molar-refractivity contribution in [2.45, 2.75) is 51.1 Å². The number of hydrogen-bond donors (Lipinski definition) is 1. The van der Waals surface area contributed by atoms with E-state index in [2.05, 4.69) is 66.8 Å². The van der Waals surface area contributed by atoms with Gasteiger partial charge in [-0.25, -0.2) is 4.79 Å². The minimum atomic E-state index is -0.0893. The van der Waals surface area contributed by atoms with E-state index in [1.54, 1.807) is 7.11 Å². The van der Waals surface area contributed by atoms with Crippen LogP contribution in [0.1, 0.15) is 61.8 Å². The smallest absolute Gasteiger partial charge is 0.318 e. The number of hydrogen-bond acceptors (Lipinski definition) is 2. The summed E-state index contributed by atoms with van der Waals surface area (Å²) in [6, 6.07) is 28.9. The van der Waals surface area contributed by atoms with Crippen molar-refractivity contribution in [3.05, 3.63) is 108 Å². The summed E-state index contributed by atoms with van der Waals surface area (Å²) in [7, 11) is 1.67. The quantitative estimate of drug-likeness (QED) is 0.379. The molecule has 0 aromatic heterocycles. The summed E-state index contributed by atoms with van der Waals surface area (Å²) in [5, 5.41) is 3.33. The first-order valence-corrected chi connectivity index (χ1v) is 12.7. The van der Waals surface area contributed by atoms with E-state index >= 15 is 0 Å². The average Bonchev–Trinajstić information content (AvgIpc) is 2.92. The Kier molecular flexibility index (Phi) is 8.61. The summed E-state index contributed by atoms with van der Waals surface area (Å²) < 4.78 is 5.33. The van der Waals surface area contributed by atoms with Gasteiger partial charge in [-0.05, 0) is 54.2 Å². The number of methoxy groups -OCH3 is 1. The second-order valence-electron chi connectivity index (χ2n) is 9.24. The standard InChI is InChI=1S/C31H36N2O2/c1-24(25-18-20-29(35-2)21-19-25)33(31(34)32-28-16-10-5-11-17-28)23-22-30(26-12-6-3-7-13-26)27-14-8-4-9-15-27/h3-4,6-9,12-15,18-22,24,28H,5,10-11,16-17,23H2,1-2H3,(H,32,34)/t24-/m1/s1. The van der Waals surface area contributed by atoms with Crippen LogP contribution in [-0.2, 0) is 0 Å². The molecule has 1 aliphatic rings. The Bertz CT molecular complexity index is 1050. The Balaban J connectivity index is 1.64. The first-order valence-electron chi connectivity index (χ1n) is 12.7. The molecule has 4 heteroatoms. The highest BCUT2D eigenvalue weighted by Crippen LogP contribution is 2.27. The lowest BCUT2D eigenvalue weighted by molar-refractivity contribution is 0.179. The molecule has 1 N–H and O–H groups in total. The van der Waals surface area contributed by atoms with Crippen LogP contribution in [0.3, 0.4) is 0 Å². The van der Waals surface area contributed by atoms with Crippen LogP contribution < -0.4 is 10.1 Å². The van der Waals surface area contributed by atoms with Gasteiger partial charge in [0.15, 0.2) is 0 Å². The molecule has 0 heterocycles. The summed E-state index contributed by atoms with van der Waals surface area (Å²) in [6.07, 6.45) is 7.94. The minimum absolute atomic E-state index is 0.00283. The minimum Gasteiger partial charge on any atom is -0.497 e. The molecule has 3 aromatic carbocycles. The van der Waals surface area contributed by atoms with Gasteiger partial charge in [0.2, 0.25) is 0 Å². The van der Waals surface area contributed by atoms with Gasteiger partial charge in [0.25, 0.3) is 0 Å². The summed E-state index contributed by atoms with van der Waals surface area (Å²) >= 11 is 0. The molecule has 1 fully saturated rings. The fraction of sp³-hybridized carbons (Fsp3) is 0.323. The summed E-state index contributed by atoms with van der Waals surface area (Å²) in [4.78, 5) is 15.5. The van der Waals surface area contributed by atoms with Crippen LogP contribution in [0.15, 0.2) is 91.0 Å². The van der Waals surface area contributed by atoms with Crippen LogP contribution in [0.2, 0.25) is 0 Å². The fourth-order valence-electron chi connectivity index (χ4n) is 4.81. The van der Waals surface area contributed by atoms with Gasteiger partial charge in [-0.3, -0.25) is 0 Å². The monoisotopic (exact) mass is 468 g/mol. The highest BCUT2D eigenvalue weighted by molar-refractivity contribution is 5.81. The van der Waals surface area contributed by atoms with E-state index in [9.17, 15) is 4.79 Å². The van der Waals surface area contributed by atoms with E-state index < -0.39 is 0 Å². The second-order valence-corrected chi connectivity index (χ2v) is 9.24. The molecule has 0 unspecified atom stereocenters. The molecule has 3 aromatic rings. The second kappa shape index (κ2) is 12.3. The van der Waals surface area contributed by atoms with Crippen molar-refractivity contribution in [2.75, 3.05) is 13.7 Å². The number of nitrogens with one attached hydrogen (secondary N) is 1. The number of nitrogens with zero attached hydrogens (tertiary/aromatic N) is 1. The first kappa shape index (κ1) is 24.6. The van der Waals surface area contributed by atoms with Crippen LogP contribution in [-0.4, -0.2) is 30.6 Å². The van der Waals surface area contributed by atoms with Crippen LogP contribution >= 0.6 is 0 Å². The summed E-state index contributed by atoms with van der Waals surface area (Å²) in [6.45, 7) is 2.60. The first-order chi connectivity index (χ1) is 17.2. The fourth-order valence-corrected chi connectivity index (χ4v) is 4.81. The molecule has 4 nitrogen and oxygen atoms in total. The molecule has 1 atom stereocenters. The van der Waals surface area contributed by atoms with E-state index in [1.165, 1.54) is 19.3 Å². The Morgan fingerprint density at radius 1 is 0.914 bits per heavy atom. The van der Waals surface area contributed by atoms with Gasteiger partial charge in [-0.1, -0.05) is 98.1 Å². The van der Waals surface area contributed by atoms with Crippen molar-refractivity contribution in [3.8, 4) is 5.75 Å². The summed E-state index contributed by atoms with van der Waals surface area (Å²) in [5.74, 6) is 0.814. The number of rotatable bonds is 8. The Hall–Kier alpha value is -3.53. The predicted octanol–water partition coefficient (Wildman–Crippen LogP) is 7.23. The van der Waals surface area contributed by atoms with Crippen molar-refractivity contribution in [1.82, 2.24) is 10.2 Å². The van der Waals surface area contributed by atoms with E-state index in [-0.39, 0.29) is 18.1 Å². The molecule has 0 bridgehead atoms. The number of urea groups is 1. The molecule has 1 saturated carbocycles. The van der Waals surface area contributed by atoms with Crippen molar-refractivity contribution in [3.63, 3.8) is 0 Å². The van der Waals surface area contributed by atoms with Gasteiger partial charge in [0.1, 0.15) is 5.75 Å². The van der Waals surface area contributed by atoms with Crippen LogP contribution in [0.4, 0.5) is 4.79 Å². The zero-order chi connectivity index (χ0) is 24.5. The van der Waals surface area contributed by atoms with E-state index in [4.69, 9.17) is 4.74 Å². The largest absolute Gasteiger partial charge is 0.497 e. The molecule has 0 saturated heterocycles.